The Labute approximate surface area is 55.0 Å². The first-order valence-electron chi connectivity index (χ1n) is 3.54. The molecular weight excluding hydrogens is 116 g/mol. The lowest BCUT2D eigenvalue weighted by molar-refractivity contribution is 0.685. The standard InChI is InChI=1S/C7H12S/c1-3-8-4-2-7-5-6(1)7/h6-7H,1-5H2. The third-order valence-corrected chi connectivity index (χ3v) is 3.38. The van der Waals surface area contributed by atoms with E-state index in [4.69, 9.17) is 0 Å². The quantitative estimate of drug-likeness (QED) is 0.481. The minimum absolute atomic E-state index is 1.17. The molecule has 1 saturated heterocycles. The number of thioether (sulfide) groups is 1. The molecule has 46 valence electrons. The Hall–Kier alpha value is 0.350. The first kappa shape index (κ1) is 5.16. The summed E-state index contributed by atoms with van der Waals surface area (Å²) in [5, 5.41) is 0. The molecule has 8 heavy (non-hydrogen) atoms. The van der Waals surface area contributed by atoms with Gasteiger partial charge in [-0.25, -0.2) is 0 Å². The summed E-state index contributed by atoms with van der Waals surface area (Å²) in [5.41, 5.74) is 0. The molecule has 0 N–H and O–H groups in total. The Bertz CT molecular complexity index is 80.4. The fourth-order valence-corrected chi connectivity index (χ4v) is 2.73. The van der Waals surface area contributed by atoms with Crippen molar-refractivity contribution in [3.05, 3.63) is 0 Å². The van der Waals surface area contributed by atoms with Crippen molar-refractivity contribution in [3.63, 3.8) is 0 Å². The molecule has 1 saturated carbocycles. The van der Waals surface area contributed by atoms with Crippen LogP contribution in [0, 0.1) is 11.8 Å². The molecule has 2 fully saturated rings. The summed E-state index contributed by atoms with van der Waals surface area (Å²) < 4.78 is 0. The maximum Gasteiger partial charge on any atom is -0.00648 e. The van der Waals surface area contributed by atoms with Crippen LogP contribution in [0.15, 0.2) is 0 Å². The second-order valence-electron chi connectivity index (χ2n) is 2.95. The topological polar surface area (TPSA) is 0 Å². The third-order valence-electron chi connectivity index (χ3n) is 2.33. The zero-order chi connectivity index (χ0) is 5.40. The van der Waals surface area contributed by atoms with Gasteiger partial charge in [0.15, 0.2) is 0 Å². The highest BCUT2D eigenvalue weighted by Gasteiger charge is 2.36. The molecular formula is C7H12S. The van der Waals surface area contributed by atoms with Crippen LogP contribution in [0.1, 0.15) is 19.3 Å². The van der Waals surface area contributed by atoms with Crippen LogP contribution in [-0.2, 0) is 0 Å². The maximum atomic E-state index is 2.15. The van der Waals surface area contributed by atoms with Gasteiger partial charge in [0.25, 0.3) is 0 Å². The van der Waals surface area contributed by atoms with Crippen LogP contribution in [0.25, 0.3) is 0 Å². The van der Waals surface area contributed by atoms with Crippen LogP contribution in [0.4, 0.5) is 0 Å². The van der Waals surface area contributed by atoms with Gasteiger partial charge in [0.05, 0.1) is 0 Å². The van der Waals surface area contributed by atoms with Crippen LogP contribution < -0.4 is 0 Å². The van der Waals surface area contributed by atoms with E-state index in [2.05, 4.69) is 11.8 Å². The summed E-state index contributed by atoms with van der Waals surface area (Å²) in [7, 11) is 0. The van der Waals surface area contributed by atoms with E-state index in [-0.39, 0.29) is 0 Å². The summed E-state index contributed by atoms with van der Waals surface area (Å²) in [6.45, 7) is 0. The van der Waals surface area contributed by atoms with Gasteiger partial charge >= 0.3 is 0 Å². The zero-order valence-electron chi connectivity index (χ0n) is 5.10. The minimum atomic E-state index is 1.17. The Morgan fingerprint density at radius 1 is 1.00 bits per heavy atom. The highest BCUT2D eigenvalue weighted by molar-refractivity contribution is 7.99. The summed E-state index contributed by atoms with van der Waals surface area (Å²) >= 11 is 2.15. The van der Waals surface area contributed by atoms with E-state index >= 15 is 0 Å². The smallest absolute Gasteiger partial charge is 0.00648 e. The second kappa shape index (κ2) is 1.94. The molecule has 0 aromatic heterocycles. The van der Waals surface area contributed by atoms with Crippen molar-refractivity contribution in [2.75, 3.05) is 11.5 Å². The Kier molecular flexibility index (Phi) is 1.25. The Morgan fingerprint density at radius 3 is 2.25 bits per heavy atom. The van der Waals surface area contributed by atoms with Gasteiger partial charge < -0.3 is 0 Å². The van der Waals surface area contributed by atoms with Crippen molar-refractivity contribution in [3.8, 4) is 0 Å². The van der Waals surface area contributed by atoms with Crippen molar-refractivity contribution in [2.45, 2.75) is 19.3 Å². The van der Waals surface area contributed by atoms with E-state index in [1.165, 1.54) is 36.2 Å². The van der Waals surface area contributed by atoms with Crippen LogP contribution in [0.5, 0.6) is 0 Å². The SMILES string of the molecule is C1CC2CC2CCS1. The molecule has 2 rings (SSSR count). The van der Waals surface area contributed by atoms with Crippen molar-refractivity contribution in [2.24, 2.45) is 11.8 Å². The molecule has 2 atom stereocenters. The van der Waals surface area contributed by atoms with Gasteiger partial charge in [0.1, 0.15) is 0 Å². The van der Waals surface area contributed by atoms with Gasteiger partial charge in [-0.05, 0) is 42.6 Å². The average molecular weight is 128 g/mol. The summed E-state index contributed by atoms with van der Waals surface area (Å²) in [4.78, 5) is 0. The summed E-state index contributed by atoms with van der Waals surface area (Å²) in [6, 6.07) is 0. The molecule has 0 bridgehead atoms. The Balaban J connectivity index is 1.89. The molecule has 0 radical (unpaired) electrons. The first-order chi connectivity index (χ1) is 3.97. The molecule has 2 unspecified atom stereocenters. The van der Waals surface area contributed by atoms with Crippen molar-refractivity contribution < 1.29 is 0 Å². The molecule has 0 amide bonds. The van der Waals surface area contributed by atoms with E-state index in [9.17, 15) is 0 Å². The van der Waals surface area contributed by atoms with Crippen LogP contribution in [-0.4, -0.2) is 11.5 Å². The van der Waals surface area contributed by atoms with Gasteiger partial charge in [-0.1, -0.05) is 0 Å². The lowest BCUT2D eigenvalue weighted by Crippen LogP contribution is -1.78. The third kappa shape index (κ3) is 0.883. The summed E-state index contributed by atoms with van der Waals surface area (Å²) in [5.74, 6) is 5.23. The molecule has 1 aliphatic heterocycles. The number of fused-ring (bicyclic) bond motifs is 1. The fourth-order valence-electron chi connectivity index (χ4n) is 1.59. The van der Waals surface area contributed by atoms with Gasteiger partial charge in [-0.2, -0.15) is 11.8 Å². The summed E-state index contributed by atoms with van der Waals surface area (Å²) in [6.07, 6.45) is 4.62. The van der Waals surface area contributed by atoms with Crippen molar-refractivity contribution in [1.29, 1.82) is 0 Å². The van der Waals surface area contributed by atoms with E-state index in [0.717, 1.165) is 0 Å². The van der Waals surface area contributed by atoms with Gasteiger partial charge in [0, 0.05) is 0 Å². The average Bonchev–Trinajstić information content (AvgIpc) is 2.36. The van der Waals surface area contributed by atoms with Crippen LogP contribution >= 0.6 is 11.8 Å². The van der Waals surface area contributed by atoms with Gasteiger partial charge in [-0.15, -0.1) is 0 Å². The normalized spacial score (nSPS) is 45.0. The lowest BCUT2D eigenvalue weighted by Gasteiger charge is -1.91. The largest absolute Gasteiger partial charge is 0.162 e. The van der Waals surface area contributed by atoms with E-state index in [1.807, 2.05) is 0 Å². The highest BCUT2D eigenvalue weighted by Crippen LogP contribution is 2.46. The van der Waals surface area contributed by atoms with Crippen molar-refractivity contribution >= 4 is 11.8 Å². The minimum Gasteiger partial charge on any atom is -0.162 e. The highest BCUT2D eigenvalue weighted by atomic mass is 32.2. The molecule has 1 heteroatoms. The monoisotopic (exact) mass is 128 g/mol. The van der Waals surface area contributed by atoms with Gasteiger partial charge in [0.2, 0.25) is 0 Å². The number of hydrogen-bond acceptors (Lipinski definition) is 1. The molecule has 0 spiro atoms. The molecule has 0 nitrogen and oxygen atoms in total. The van der Waals surface area contributed by atoms with E-state index in [1.54, 1.807) is 6.42 Å². The van der Waals surface area contributed by atoms with Gasteiger partial charge in [-0.3, -0.25) is 0 Å². The van der Waals surface area contributed by atoms with E-state index < -0.39 is 0 Å². The second-order valence-corrected chi connectivity index (χ2v) is 4.17. The maximum absolute atomic E-state index is 2.15. The molecule has 0 aromatic rings. The first-order valence-corrected chi connectivity index (χ1v) is 4.70. The number of hydrogen-bond donors (Lipinski definition) is 0. The van der Waals surface area contributed by atoms with Crippen molar-refractivity contribution in [1.82, 2.24) is 0 Å². The van der Waals surface area contributed by atoms with Crippen LogP contribution in [0.2, 0.25) is 0 Å². The fraction of sp³-hybridized carbons (Fsp3) is 1.00. The molecule has 1 heterocycles. The molecule has 0 aromatic carbocycles. The zero-order valence-corrected chi connectivity index (χ0v) is 5.91. The predicted octanol–water partition coefficient (Wildman–Crippen LogP) is 2.15. The van der Waals surface area contributed by atoms with Crippen LogP contribution in [0.3, 0.4) is 0 Å². The number of rotatable bonds is 0. The molecule has 1 aliphatic carbocycles. The lowest BCUT2D eigenvalue weighted by atomic mass is 10.2. The molecule has 2 aliphatic rings. The predicted molar refractivity (Wildman–Crippen MR) is 38.2 cm³/mol. The Morgan fingerprint density at radius 2 is 1.62 bits per heavy atom. The van der Waals surface area contributed by atoms with E-state index in [0.29, 0.717) is 0 Å².